The van der Waals surface area contributed by atoms with Crippen LogP contribution in [0.2, 0.25) is 0 Å². The van der Waals surface area contributed by atoms with Crippen LogP contribution in [0.5, 0.6) is 0 Å². The van der Waals surface area contributed by atoms with E-state index < -0.39 is 5.97 Å². The minimum atomic E-state index is -0.410. The fourth-order valence-corrected chi connectivity index (χ4v) is 3.79. The zero-order valence-corrected chi connectivity index (χ0v) is 13.5. The van der Waals surface area contributed by atoms with Crippen molar-refractivity contribution >= 4 is 28.2 Å². The quantitative estimate of drug-likeness (QED) is 0.841. The Hall–Kier alpha value is -1.40. The Balaban J connectivity index is 2.17. The van der Waals surface area contributed by atoms with E-state index in [1.165, 1.54) is 18.4 Å². The van der Waals surface area contributed by atoms with Gasteiger partial charge in [-0.25, -0.2) is 4.79 Å². The maximum absolute atomic E-state index is 12.4. The highest BCUT2D eigenvalue weighted by Crippen LogP contribution is 2.34. The lowest BCUT2D eigenvalue weighted by atomic mass is 9.85. The zero-order valence-electron chi connectivity index (χ0n) is 12.7. The lowest BCUT2D eigenvalue weighted by Gasteiger charge is -2.25. The van der Waals surface area contributed by atoms with Gasteiger partial charge in [0.25, 0.3) is 0 Å². The summed E-state index contributed by atoms with van der Waals surface area (Å²) in [6, 6.07) is 0.0985. The molecule has 3 N–H and O–H groups in total. The molecule has 116 valence electrons. The molecule has 0 saturated heterocycles. The number of anilines is 1. The summed E-state index contributed by atoms with van der Waals surface area (Å²) in [6.45, 7) is 3.79. The van der Waals surface area contributed by atoms with Crippen LogP contribution in [0.1, 0.15) is 46.5 Å². The van der Waals surface area contributed by atoms with Gasteiger partial charge in [0.1, 0.15) is 5.00 Å². The second kappa shape index (κ2) is 6.58. The molecule has 1 amide bonds. The molecule has 1 aliphatic carbocycles. The highest BCUT2D eigenvalue weighted by Gasteiger charge is 2.28. The number of aryl methyl sites for hydroxylation is 1. The van der Waals surface area contributed by atoms with Crippen molar-refractivity contribution in [2.75, 3.05) is 12.4 Å². The van der Waals surface area contributed by atoms with Crippen LogP contribution >= 0.6 is 11.3 Å². The summed E-state index contributed by atoms with van der Waals surface area (Å²) in [7, 11) is 1.35. The number of esters is 1. The predicted octanol–water partition coefficient (Wildman–Crippen LogP) is 2.61. The van der Waals surface area contributed by atoms with Crippen molar-refractivity contribution in [3.8, 4) is 0 Å². The summed E-state index contributed by atoms with van der Waals surface area (Å²) in [4.78, 5) is 25.3. The summed E-state index contributed by atoms with van der Waals surface area (Å²) in [6.07, 6.45) is 3.53. The van der Waals surface area contributed by atoms with Gasteiger partial charge in [-0.05, 0) is 38.7 Å². The molecule has 1 aliphatic rings. The molecule has 1 fully saturated rings. The van der Waals surface area contributed by atoms with E-state index in [2.05, 4.69) is 5.32 Å². The monoisotopic (exact) mass is 310 g/mol. The molecule has 0 bridgehead atoms. The molecule has 1 aromatic rings. The number of hydrogen-bond acceptors (Lipinski definition) is 5. The first-order valence-corrected chi connectivity index (χ1v) is 8.00. The van der Waals surface area contributed by atoms with E-state index in [0.29, 0.717) is 17.0 Å². The largest absolute Gasteiger partial charge is 0.465 e. The van der Waals surface area contributed by atoms with E-state index in [1.807, 2.05) is 13.8 Å². The number of nitrogens with one attached hydrogen (secondary N) is 1. The molecule has 1 aromatic heterocycles. The van der Waals surface area contributed by atoms with Crippen LogP contribution < -0.4 is 11.1 Å². The van der Waals surface area contributed by atoms with Gasteiger partial charge in [0.15, 0.2) is 0 Å². The van der Waals surface area contributed by atoms with Crippen LogP contribution in [-0.4, -0.2) is 25.0 Å². The van der Waals surface area contributed by atoms with Crippen molar-refractivity contribution in [2.24, 2.45) is 11.7 Å². The molecule has 0 aliphatic heterocycles. The second-order valence-electron chi connectivity index (χ2n) is 5.59. The van der Waals surface area contributed by atoms with Gasteiger partial charge >= 0.3 is 5.97 Å². The first-order chi connectivity index (χ1) is 9.93. The Morgan fingerprint density at radius 1 is 1.33 bits per heavy atom. The number of thiophene rings is 1. The molecule has 1 heterocycles. The Bertz CT molecular complexity index is 553. The Morgan fingerprint density at radius 2 is 2.05 bits per heavy atom. The number of hydrogen-bond donors (Lipinski definition) is 2. The first-order valence-electron chi connectivity index (χ1n) is 7.18. The zero-order chi connectivity index (χ0) is 15.6. The normalized spacial score (nSPS) is 21.9. The van der Waals surface area contributed by atoms with Gasteiger partial charge < -0.3 is 15.8 Å². The van der Waals surface area contributed by atoms with Crippen molar-refractivity contribution in [1.82, 2.24) is 0 Å². The molecule has 2 atom stereocenters. The van der Waals surface area contributed by atoms with Gasteiger partial charge in [0.2, 0.25) is 5.91 Å². The molecule has 21 heavy (non-hydrogen) atoms. The van der Waals surface area contributed by atoms with Crippen LogP contribution in [0.3, 0.4) is 0 Å². The molecule has 5 nitrogen and oxygen atoms in total. The molecule has 0 radical (unpaired) electrons. The van der Waals surface area contributed by atoms with Crippen LogP contribution in [0.15, 0.2) is 0 Å². The van der Waals surface area contributed by atoms with E-state index in [9.17, 15) is 9.59 Å². The van der Waals surface area contributed by atoms with Crippen molar-refractivity contribution in [3.63, 3.8) is 0 Å². The van der Waals surface area contributed by atoms with Gasteiger partial charge in [-0.15, -0.1) is 11.3 Å². The van der Waals surface area contributed by atoms with Crippen LogP contribution in [0, 0.1) is 19.8 Å². The molecular formula is C15H22N2O3S. The summed E-state index contributed by atoms with van der Waals surface area (Å²) in [5.41, 5.74) is 7.26. The summed E-state index contributed by atoms with van der Waals surface area (Å²) in [5, 5.41) is 3.49. The number of carbonyl (C=O) groups excluding carboxylic acids is 2. The SMILES string of the molecule is COC(=O)c1c(NC(=O)C2CCCC(N)C2)sc(C)c1C. The predicted molar refractivity (Wildman–Crippen MR) is 83.7 cm³/mol. The number of rotatable bonds is 3. The minimum Gasteiger partial charge on any atom is -0.465 e. The topological polar surface area (TPSA) is 81.4 Å². The van der Waals surface area contributed by atoms with E-state index in [-0.39, 0.29) is 17.9 Å². The van der Waals surface area contributed by atoms with E-state index in [1.54, 1.807) is 0 Å². The van der Waals surface area contributed by atoms with Gasteiger partial charge in [0, 0.05) is 16.8 Å². The fourth-order valence-electron chi connectivity index (χ4n) is 2.74. The molecule has 6 heteroatoms. The third-order valence-corrected chi connectivity index (χ3v) is 5.22. The number of methoxy groups -OCH3 is 1. The van der Waals surface area contributed by atoms with Gasteiger partial charge in [-0.2, -0.15) is 0 Å². The van der Waals surface area contributed by atoms with Crippen molar-refractivity contribution in [3.05, 3.63) is 16.0 Å². The van der Waals surface area contributed by atoms with Crippen LogP contribution in [-0.2, 0) is 9.53 Å². The maximum atomic E-state index is 12.4. The number of ether oxygens (including phenoxy) is 1. The average molecular weight is 310 g/mol. The standard InChI is InChI=1S/C15H22N2O3S/c1-8-9(2)21-14(12(8)15(19)20-3)17-13(18)10-5-4-6-11(16)7-10/h10-11H,4-7,16H2,1-3H3,(H,17,18). The summed E-state index contributed by atoms with van der Waals surface area (Å²) < 4.78 is 4.81. The Kier molecular flexibility index (Phi) is 5.00. The highest BCUT2D eigenvalue weighted by molar-refractivity contribution is 7.16. The van der Waals surface area contributed by atoms with Crippen molar-refractivity contribution in [1.29, 1.82) is 0 Å². The molecule has 2 rings (SSSR count). The average Bonchev–Trinajstić information content (AvgIpc) is 2.73. The smallest absolute Gasteiger partial charge is 0.341 e. The Morgan fingerprint density at radius 3 is 2.67 bits per heavy atom. The van der Waals surface area contributed by atoms with Crippen LogP contribution in [0.4, 0.5) is 5.00 Å². The fraction of sp³-hybridized carbons (Fsp3) is 0.600. The highest BCUT2D eigenvalue weighted by atomic mass is 32.1. The molecular weight excluding hydrogens is 288 g/mol. The second-order valence-corrected chi connectivity index (χ2v) is 6.82. The molecule has 0 spiro atoms. The molecule has 2 unspecified atom stereocenters. The number of carbonyl (C=O) groups is 2. The lowest BCUT2D eigenvalue weighted by Crippen LogP contribution is -2.34. The third kappa shape index (κ3) is 3.44. The van der Waals surface area contributed by atoms with E-state index in [0.717, 1.165) is 29.7 Å². The van der Waals surface area contributed by atoms with Crippen molar-refractivity contribution in [2.45, 2.75) is 45.6 Å². The number of nitrogens with two attached hydrogens (primary N) is 1. The first kappa shape index (κ1) is 16.0. The van der Waals surface area contributed by atoms with Crippen LogP contribution in [0.25, 0.3) is 0 Å². The van der Waals surface area contributed by atoms with Crippen molar-refractivity contribution < 1.29 is 14.3 Å². The summed E-state index contributed by atoms with van der Waals surface area (Å²) in [5.74, 6) is -0.522. The van der Waals surface area contributed by atoms with E-state index in [4.69, 9.17) is 10.5 Å². The Labute approximate surface area is 128 Å². The summed E-state index contributed by atoms with van der Waals surface area (Å²) >= 11 is 1.41. The minimum absolute atomic E-state index is 0.0449. The third-order valence-electron chi connectivity index (χ3n) is 4.10. The number of amides is 1. The van der Waals surface area contributed by atoms with Gasteiger partial charge in [0.05, 0.1) is 12.7 Å². The van der Waals surface area contributed by atoms with Gasteiger partial charge in [-0.3, -0.25) is 4.79 Å². The maximum Gasteiger partial charge on any atom is 0.341 e. The van der Waals surface area contributed by atoms with Gasteiger partial charge in [-0.1, -0.05) is 6.42 Å². The molecule has 1 saturated carbocycles. The van der Waals surface area contributed by atoms with E-state index >= 15 is 0 Å². The molecule has 0 aromatic carbocycles. The lowest BCUT2D eigenvalue weighted by molar-refractivity contribution is -0.120.